The summed E-state index contributed by atoms with van der Waals surface area (Å²) < 4.78 is 6.86. The van der Waals surface area contributed by atoms with Gasteiger partial charge in [0.25, 0.3) is 0 Å². The minimum Gasteiger partial charge on any atom is -0.449 e. The lowest BCUT2D eigenvalue weighted by molar-refractivity contribution is 0.530. The molecule has 2 N–H and O–H groups in total. The van der Waals surface area contributed by atoms with Gasteiger partial charge in [0.05, 0.1) is 4.47 Å². The van der Waals surface area contributed by atoms with Crippen molar-refractivity contribution in [3.05, 3.63) is 27.0 Å². The van der Waals surface area contributed by atoms with Crippen LogP contribution in [0.1, 0.15) is 5.76 Å². The van der Waals surface area contributed by atoms with Crippen molar-refractivity contribution >= 4 is 37.9 Å². The Morgan fingerprint density at radius 1 is 1.55 bits per heavy atom. The Morgan fingerprint density at radius 2 is 2.27 bits per heavy atom. The summed E-state index contributed by atoms with van der Waals surface area (Å²) in [4.78, 5) is 0. The average Bonchev–Trinajstić information content (AvgIpc) is 2.28. The monoisotopic (exact) mass is 279 g/mol. The van der Waals surface area contributed by atoms with E-state index in [1.807, 2.05) is 18.2 Å². The molecule has 0 bridgehead atoms. The molecule has 1 rings (SSSR count). The molecule has 0 spiro atoms. The summed E-state index contributed by atoms with van der Waals surface area (Å²) in [6.07, 6.45) is 3.66. The van der Waals surface area contributed by atoms with E-state index in [0.29, 0.717) is 11.2 Å². The summed E-state index contributed by atoms with van der Waals surface area (Å²) in [5.41, 5.74) is 5.27. The Labute approximate surface area is 81.7 Å². The van der Waals surface area contributed by atoms with E-state index in [2.05, 4.69) is 31.9 Å². The first-order chi connectivity index (χ1) is 5.24. The first-order valence-corrected chi connectivity index (χ1v) is 4.64. The molecule has 1 heterocycles. The lowest BCUT2D eigenvalue weighted by atomic mass is 10.4. The van der Waals surface area contributed by atoms with Crippen LogP contribution in [0.3, 0.4) is 0 Å². The van der Waals surface area contributed by atoms with Gasteiger partial charge in [-0.25, -0.2) is 0 Å². The predicted molar refractivity (Wildman–Crippen MR) is 52.2 cm³/mol. The van der Waals surface area contributed by atoms with Crippen molar-refractivity contribution in [3.8, 4) is 0 Å². The minimum absolute atomic E-state index is 0.524. The molecule has 4 heteroatoms. The molecule has 0 atom stereocenters. The lowest BCUT2D eigenvalue weighted by Gasteiger charge is -1.81. The summed E-state index contributed by atoms with van der Waals surface area (Å²) in [6.45, 7) is 0.524. The maximum absolute atomic E-state index is 5.27. The van der Waals surface area contributed by atoms with Crippen LogP contribution in [0.4, 0.5) is 0 Å². The predicted octanol–water partition coefficient (Wildman–Crippen LogP) is 2.78. The van der Waals surface area contributed by atoms with Gasteiger partial charge in [-0.05, 0) is 44.0 Å². The highest BCUT2D eigenvalue weighted by atomic mass is 79.9. The highest BCUT2D eigenvalue weighted by Gasteiger charge is 2.01. The fourth-order valence-corrected chi connectivity index (χ4v) is 1.24. The third-order valence-electron chi connectivity index (χ3n) is 1.08. The van der Waals surface area contributed by atoms with E-state index >= 15 is 0 Å². The van der Waals surface area contributed by atoms with Gasteiger partial charge in [-0.15, -0.1) is 0 Å². The van der Waals surface area contributed by atoms with Gasteiger partial charge in [-0.1, -0.05) is 6.08 Å². The van der Waals surface area contributed by atoms with E-state index in [0.717, 1.165) is 10.2 Å². The van der Waals surface area contributed by atoms with E-state index in [-0.39, 0.29) is 0 Å². The van der Waals surface area contributed by atoms with Crippen LogP contribution in [-0.2, 0) is 0 Å². The van der Waals surface area contributed by atoms with Crippen LogP contribution in [0.2, 0.25) is 0 Å². The third kappa shape index (κ3) is 2.47. The summed E-state index contributed by atoms with van der Waals surface area (Å²) in [5, 5.41) is 0. The highest BCUT2D eigenvalue weighted by Crippen LogP contribution is 2.27. The fourth-order valence-electron chi connectivity index (χ4n) is 0.630. The first kappa shape index (κ1) is 9.03. The lowest BCUT2D eigenvalue weighted by Crippen LogP contribution is -1.91. The van der Waals surface area contributed by atoms with Crippen molar-refractivity contribution in [2.75, 3.05) is 6.54 Å². The molecule has 0 fully saturated rings. The molecule has 0 radical (unpaired) electrons. The molecule has 0 saturated heterocycles. The van der Waals surface area contributed by atoms with Gasteiger partial charge in [0, 0.05) is 6.54 Å². The van der Waals surface area contributed by atoms with Crippen molar-refractivity contribution in [2.24, 2.45) is 5.73 Å². The molecule has 0 amide bonds. The minimum atomic E-state index is 0.524. The quantitative estimate of drug-likeness (QED) is 0.905. The highest BCUT2D eigenvalue weighted by molar-refractivity contribution is 9.13. The number of halogens is 2. The Hall–Kier alpha value is -0.0600. The third-order valence-corrected chi connectivity index (χ3v) is 2.79. The average molecular weight is 281 g/mol. The Kier molecular flexibility index (Phi) is 3.36. The molecule has 11 heavy (non-hydrogen) atoms. The number of hydrogen-bond acceptors (Lipinski definition) is 2. The van der Waals surface area contributed by atoms with Crippen molar-refractivity contribution in [1.29, 1.82) is 0 Å². The van der Waals surface area contributed by atoms with E-state index in [1.165, 1.54) is 0 Å². The normalized spacial score (nSPS) is 11.2. The molecule has 1 aromatic heterocycles. The molecule has 0 unspecified atom stereocenters. The Balaban J connectivity index is 2.80. The Morgan fingerprint density at radius 3 is 2.73 bits per heavy atom. The summed E-state index contributed by atoms with van der Waals surface area (Å²) in [6, 6.07) is 1.87. The number of nitrogens with two attached hydrogens (primary N) is 1. The van der Waals surface area contributed by atoms with Crippen LogP contribution in [-0.4, -0.2) is 6.54 Å². The smallest absolute Gasteiger partial charge is 0.184 e. The second-order valence-corrected chi connectivity index (χ2v) is 3.48. The van der Waals surface area contributed by atoms with Crippen LogP contribution in [0.5, 0.6) is 0 Å². The summed E-state index contributed by atoms with van der Waals surface area (Å²) >= 11 is 6.53. The molecular formula is C7H7Br2NO. The molecule has 0 aliphatic rings. The SMILES string of the molecule is NC/C=C/c1cc(Br)c(Br)o1. The maximum Gasteiger partial charge on any atom is 0.184 e. The zero-order valence-electron chi connectivity index (χ0n) is 5.68. The van der Waals surface area contributed by atoms with Crippen molar-refractivity contribution in [2.45, 2.75) is 0 Å². The van der Waals surface area contributed by atoms with Gasteiger partial charge in [-0.2, -0.15) is 0 Å². The van der Waals surface area contributed by atoms with Gasteiger partial charge < -0.3 is 10.2 Å². The largest absolute Gasteiger partial charge is 0.449 e. The van der Waals surface area contributed by atoms with E-state index in [9.17, 15) is 0 Å². The molecule has 0 saturated carbocycles. The maximum atomic E-state index is 5.27. The second-order valence-electron chi connectivity index (χ2n) is 1.91. The Bertz CT molecular complexity index is 248. The molecule has 1 aromatic rings. The van der Waals surface area contributed by atoms with Crippen molar-refractivity contribution in [3.63, 3.8) is 0 Å². The zero-order chi connectivity index (χ0) is 8.27. The van der Waals surface area contributed by atoms with Gasteiger partial charge in [0.1, 0.15) is 5.76 Å². The van der Waals surface area contributed by atoms with Crippen LogP contribution >= 0.6 is 31.9 Å². The van der Waals surface area contributed by atoms with Gasteiger partial charge in [-0.3, -0.25) is 0 Å². The number of hydrogen-bond donors (Lipinski definition) is 1. The van der Waals surface area contributed by atoms with E-state index < -0.39 is 0 Å². The van der Waals surface area contributed by atoms with Crippen LogP contribution in [0.25, 0.3) is 6.08 Å². The number of furan rings is 1. The molecule has 0 aliphatic heterocycles. The first-order valence-electron chi connectivity index (χ1n) is 3.05. The fraction of sp³-hybridized carbons (Fsp3) is 0.143. The van der Waals surface area contributed by atoms with Crippen LogP contribution in [0, 0.1) is 0 Å². The zero-order valence-corrected chi connectivity index (χ0v) is 8.85. The molecule has 0 aliphatic carbocycles. The van der Waals surface area contributed by atoms with Crippen LogP contribution in [0.15, 0.2) is 25.7 Å². The standard InChI is InChI=1S/C7H7Br2NO/c8-6-4-5(2-1-3-10)11-7(6)9/h1-2,4H,3,10H2/b2-1+. The van der Waals surface area contributed by atoms with Crippen molar-refractivity contribution in [1.82, 2.24) is 0 Å². The molecule has 60 valence electrons. The second kappa shape index (κ2) is 4.09. The summed E-state index contributed by atoms with van der Waals surface area (Å²) in [7, 11) is 0. The van der Waals surface area contributed by atoms with E-state index in [1.54, 1.807) is 0 Å². The topological polar surface area (TPSA) is 39.2 Å². The molecule has 0 aromatic carbocycles. The number of rotatable bonds is 2. The van der Waals surface area contributed by atoms with Gasteiger partial charge >= 0.3 is 0 Å². The van der Waals surface area contributed by atoms with Crippen molar-refractivity contribution < 1.29 is 4.42 Å². The molecular weight excluding hydrogens is 274 g/mol. The van der Waals surface area contributed by atoms with Gasteiger partial charge in [0.15, 0.2) is 4.67 Å². The molecule has 2 nitrogen and oxygen atoms in total. The van der Waals surface area contributed by atoms with E-state index in [4.69, 9.17) is 10.2 Å². The summed E-state index contributed by atoms with van der Waals surface area (Å²) in [5.74, 6) is 0.786. The van der Waals surface area contributed by atoms with Crippen LogP contribution < -0.4 is 5.73 Å². The van der Waals surface area contributed by atoms with Gasteiger partial charge in [0.2, 0.25) is 0 Å².